The van der Waals surface area contributed by atoms with Gasteiger partial charge in [-0.05, 0) is 60.0 Å². The summed E-state index contributed by atoms with van der Waals surface area (Å²) in [6.45, 7) is 0. The average Bonchev–Trinajstić information content (AvgIpc) is 3.37. The summed E-state index contributed by atoms with van der Waals surface area (Å²) in [6, 6.07) is 17.7. The Bertz CT molecular complexity index is 1250. The van der Waals surface area contributed by atoms with Crippen molar-refractivity contribution in [1.82, 2.24) is 4.98 Å². The third-order valence-electron chi connectivity index (χ3n) is 6.15. The second kappa shape index (κ2) is 7.19. The molecule has 5 nitrogen and oxygen atoms in total. The SMILES string of the molecule is N#Cc1cccc(C[C@@]23C(=O)N(c4cc(Cl)cc(Cl)c4)C(=O)[C@@H]2[C@@H]3c2ccncc2)c1. The van der Waals surface area contributed by atoms with Crippen LogP contribution in [0.1, 0.15) is 22.6 Å². The number of carbonyl (C=O) groups is 2. The van der Waals surface area contributed by atoms with Crippen LogP contribution < -0.4 is 4.90 Å². The minimum Gasteiger partial charge on any atom is -0.274 e. The summed E-state index contributed by atoms with van der Waals surface area (Å²) >= 11 is 12.2. The lowest BCUT2D eigenvalue weighted by Crippen LogP contribution is -2.37. The van der Waals surface area contributed by atoms with Crippen molar-refractivity contribution < 1.29 is 9.59 Å². The van der Waals surface area contributed by atoms with E-state index in [4.69, 9.17) is 23.2 Å². The van der Waals surface area contributed by atoms with E-state index >= 15 is 0 Å². The molecule has 0 radical (unpaired) electrons. The molecule has 7 heteroatoms. The largest absolute Gasteiger partial charge is 0.274 e. The van der Waals surface area contributed by atoms with Gasteiger partial charge in [0.05, 0.1) is 28.7 Å². The van der Waals surface area contributed by atoms with E-state index in [2.05, 4.69) is 11.1 Å². The summed E-state index contributed by atoms with van der Waals surface area (Å²) in [5.41, 5.74) is 1.72. The first-order chi connectivity index (χ1) is 15.0. The van der Waals surface area contributed by atoms with Gasteiger partial charge in [-0.3, -0.25) is 14.6 Å². The zero-order chi connectivity index (χ0) is 21.8. The predicted octanol–water partition coefficient (Wildman–Crippen LogP) is 4.78. The van der Waals surface area contributed by atoms with E-state index in [0.29, 0.717) is 27.7 Å². The number of imide groups is 1. The molecule has 5 rings (SSSR count). The number of halogens is 2. The number of amides is 2. The minimum absolute atomic E-state index is 0.243. The van der Waals surface area contributed by atoms with Gasteiger partial charge < -0.3 is 0 Å². The standard InChI is InChI=1S/C24H15Cl2N3O2/c25-17-9-18(26)11-19(10-17)29-22(30)21-20(16-4-6-28-7-5-16)24(21,23(29)31)12-14-2-1-3-15(8-14)13-27/h1-11,20-21H,12H2/t20-,21-,24-/m0/s1. The third-order valence-corrected chi connectivity index (χ3v) is 6.58. The van der Waals surface area contributed by atoms with E-state index < -0.39 is 11.3 Å². The summed E-state index contributed by atoms with van der Waals surface area (Å²) in [7, 11) is 0. The molecule has 1 aromatic heterocycles. The van der Waals surface area contributed by atoms with Crippen LogP contribution in [0.25, 0.3) is 0 Å². The van der Waals surface area contributed by atoms with E-state index in [1.807, 2.05) is 18.2 Å². The number of pyridine rings is 1. The number of nitrogens with zero attached hydrogens (tertiary/aromatic N) is 3. The van der Waals surface area contributed by atoms with Crippen molar-refractivity contribution in [3.05, 3.63) is 93.7 Å². The van der Waals surface area contributed by atoms with Crippen molar-refractivity contribution in [2.24, 2.45) is 11.3 Å². The Morgan fingerprint density at radius 3 is 2.39 bits per heavy atom. The van der Waals surface area contributed by atoms with Crippen LogP contribution in [0.3, 0.4) is 0 Å². The van der Waals surface area contributed by atoms with Crippen LogP contribution in [-0.4, -0.2) is 16.8 Å². The summed E-state index contributed by atoms with van der Waals surface area (Å²) in [5, 5.41) is 9.96. The monoisotopic (exact) mass is 447 g/mol. The molecule has 152 valence electrons. The molecule has 1 aliphatic carbocycles. The predicted molar refractivity (Wildman–Crippen MR) is 117 cm³/mol. The van der Waals surface area contributed by atoms with E-state index in [-0.39, 0.29) is 17.7 Å². The first-order valence-electron chi connectivity index (χ1n) is 9.69. The van der Waals surface area contributed by atoms with E-state index in [9.17, 15) is 14.9 Å². The summed E-state index contributed by atoms with van der Waals surface area (Å²) in [5.74, 6) is -1.27. The lowest BCUT2D eigenvalue weighted by atomic mass is 9.90. The van der Waals surface area contributed by atoms with Crippen LogP contribution in [-0.2, 0) is 16.0 Å². The van der Waals surface area contributed by atoms with Crippen molar-refractivity contribution in [3.8, 4) is 6.07 Å². The average molecular weight is 448 g/mol. The van der Waals surface area contributed by atoms with Crippen LogP contribution in [0.5, 0.6) is 0 Å². The van der Waals surface area contributed by atoms with Crippen LogP contribution >= 0.6 is 23.2 Å². The van der Waals surface area contributed by atoms with Crippen LogP contribution in [0, 0.1) is 22.7 Å². The molecule has 3 aromatic rings. The molecule has 0 spiro atoms. The Hall–Kier alpha value is -3.20. The van der Waals surface area contributed by atoms with E-state index in [0.717, 1.165) is 11.1 Å². The zero-order valence-electron chi connectivity index (χ0n) is 16.1. The molecule has 1 aliphatic heterocycles. The number of hydrogen-bond acceptors (Lipinski definition) is 4. The van der Waals surface area contributed by atoms with Gasteiger partial charge in [0, 0.05) is 28.4 Å². The number of nitriles is 1. The lowest BCUT2D eigenvalue weighted by Gasteiger charge is -2.23. The van der Waals surface area contributed by atoms with Gasteiger partial charge in [-0.15, -0.1) is 0 Å². The van der Waals surface area contributed by atoms with Gasteiger partial charge in [0.25, 0.3) is 0 Å². The first kappa shape index (κ1) is 19.7. The second-order valence-corrected chi connectivity index (χ2v) is 8.74. The van der Waals surface area contributed by atoms with E-state index in [1.54, 1.807) is 48.8 Å². The van der Waals surface area contributed by atoms with Gasteiger partial charge in [-0.25, -0.2) is 4.90 Å². The molecule has 1 saturated heterocycles. The van der Waals surface area contributed by atoms with Crippen molar-refractivity contribution >= 4 is 40.7 Å². The smallest absolute Gasteiger partial charge is 0.241 e. The number of carbonyl (C=O) groups excluding carboxylic acids is 2. The highest BCUT2D eigenvalue weighted by atomic mass is 35.5. The van der Waals surface area contributed by atoms with Crippen LogP contribution in [0.4, 0.5) is 5.69 Å². The number of fused-ring (bicyclic) bond motifs is 1. The highest BCUT2D eigenvalue weighted by Gasteiger charge is 2.79. The van der Waals surface area contributed by atoms with Crippen LogP contribution in [0.2, 0.25) is 10.0 Å². The Labute approximate surface area is 188 Å². The quantitative estimate of drug-likeness (QED) is 0.539. The van der Waals surface area contributed by atoms with Crippen molar-refractivity contribution in [1.29, 1.82) is 5.26 Å². The number of benzene rings is 2. The minimum atomic E-state index is -0.915. The maximum Gasteiger partial charge on any atom is 0.241 e. The molecule has 3 atom stereocenters. The van der Waals surface area contributed by atoms with Gasteiger partial charge in [-0.1, -0.05) is 35.3 Å². The second-order valence-electron chi connectivity index (χ2n) is 7.87. The van der Waals surface area contributed by atoms with Gasteiger partial charge in [0.2, 0.25) is 11.8 Å². The molecule has 2 heterocycles. The zero-order valence-corrected chi connectivity index (χ0v) is 17.6. The van der Waals surface area contributed by atoms with Crippen molar-refractivity contribution in [3.63, 3.8) is 0 Å². The fourth-order valence-electron chi connectivity index (χ4n) is 4.87. The highest BCUT2D eigenvalue weighted by molar-refractivity contribution is 6.36. The summed E-state index contributed by atoms with van der Waals surface area (Å²) < 4.78 is 0. The number of aromatic nitrogens is 1. The molecule has 2 fully saturated rings. The first-order valence-corrected chi connectivity index (χ1v) is 10.4. The molecule has 0 bridgehead atoms. The molecule has 2 aliphatic rings. The van der Waals surface area contributed by atoms with Gasteiger partial charge in [-0.2, -0.15) is 5.26 Å². The van der Waals surface area contributed by atoms with Gasteiger partial charge in [0.1, 0.15) is 0 Å². The number of hydrogen-bond donors (Lipinski definition) is 0. The molecule has 1 saturated carbocycles. The lowest BCUT2D eigenvalue weighted by molar-refractivity contribution is -0.125. The molecule has 31 heavy (non-hydrogen) atoms. The number of rotatable bonds is 4. The third kappa shape index (κ3) is 3.03. The Kier molecular flexibility index (Phi) is 4.58. The molecule has 2 aromatic carbocycles. The van der Waals surface area contributed by atoms with Gasteiger partial charge >= 0.3 is 0 Å². The number of piperidine rings is 1. The topological polar surface area (TPSA) is 74.1 Å². The fourth-order valence-corrected chi connectivity index (χ4v) is 5.39. The Balaban J connectivity index is 1.59. The maximum atomic E-state index is 13.8. The summed E-state index contributed by atoms with van der Waals surface area (Å²) in [6.07, 6.45) is 3.68. The maximum absolute atomic E-state index is 13.8. The molecule has 0 unspecified atom stereocenters. The summed E-state index contributed by atoms with van der Waals surface area (Å²) in [4.78, 5) is 32.5. The van der Waals surface area contributed by atoms with Crippen molar-refractivity contribution in [2.75, 3.05) is 4.90 Å². The Morgan fingerprint density at radius 2 is 1.71 bits per heavy atom. The highest BCUT2D eigenvalue weighted by Crippen LogP contribution is 2.71. The molecular weight excluding hydrogens is 433 g/mol. The number of anilines is 1. The van der Waals surface area contributed by atoms with Crippen molar-refractivity contribution in [2.45, 2.75) is 12.3 Å². The molecule has 0 N–H and O–H groups in total. The van der Waals surface area contributed by atoms with Gasteiger partial charge in [0.15, 0.2) is 0 Å². The molecular formula is C24H15Cl2N3O2. The Morgan fingerprint density at radius 1 is 1.00 bits per heavy atom. The molecule has 2 amide bonds. The fraction of sp³-hybridized carbons (Fsp3) is 0.167. The van der Waals surface area contributed by atoms with E-state index in [1.165, 1.54) is 4.90 Å². The normalized spacial score (nSPS) is 24.1. The van der Waals surface area contributed by atoms with Crippen LogP contribution in [0.15, 0.2) is 67.0 Å².